The Morgan fingerprint density at radius 3 is 0.538 bits per heavy atom. The van der Waals surface area contributed by atoms with Gasteiger partial charge in [0.1, 0.15) is 0 Å². The van der Waals surface area contributed by atoms with Gasteiger partial charge in [0.25, 0.3) is 0 Å². The standard InChI is InChI=1S/7CH4.N2.HNO.O2/c;;;;;;;3*1-2/h7*1H4;;1H;. The summed E-state index contributed by atoms with van der Waals surface area (Å²) in [5, 5.41) is 12.0. The van der Waals surface area contributed by atoms with E-state index in [0.717, 1.165) is 0 Å². The van der Waals surface area contributed by atoms with Crippen molar-refractivity contribution in [2.75, 3.05) is 0 Å². The number of nitroso groups, excluding NO2 is 1. The molecule has 0 atom stereocenters. The first-order valence-electron chi connectivity index (χ1n) is 0.571. The second-order valence-electron chi connectivity index (χ2n) is 0. The summed E-state index contributed by atoms with van der Waals surface area (Å²) in [4.78, 5) is 21.5. The van der Waals surface area contributed by atoms with Crippen LogP contribution in [0.3, 0.4) is 0 Å². The van der Waals surface area contributed by atoms with Crippen LogP contribution in [-0.2, 0) is 0 Å². The van der Waals surface area contributed by atoms with Gasteiger partial charge in [0.2, 0.25) is 0 Å². The van der Waals surface area contributed by atoms with E-state index in [1.54, 1.807) is 0 Å². The van der Waals surface area contributed by atoms with E-state index in [-0.39, 0.29) is 52.0 Å². The van der Waals surface area contributed by atoms with Crippen LogP contribution in [0.1, 0.15) is 52.0 Å². The summed E-state index contributed by atoms with van der Waals surface area (Å²) in [5.41, 5.74) is 4.50. The Morgan fingerprint density at radius 1 is 0.538 bits per heavy atom. The molecule has 0 saturated heterocycles. The molecule has 0 aliphatic rings. The van der Waals surface area contributed by atoms with Gasteiger partial charge in [-0.05, 0) is 0 Å². The lowest BCUT2D eigenvalue weighted by Gasteiger charge is -0.827. The first-order chi connectivity index (χ1) is 3.00. The molecule has 0 aromatic heterocycles. The van der Waals surface area contributed by atoms with Gasteiger partial charge >= 0.3 is 0 Å². The summed E-state index contributed by atoms with van der Waals surface area (Å²) >= 11 is 0. The highest BCUT2D eigenvalue weighted by atomic mass is 16.7. The maximum atomic E-state index is 7.50. The summed E-state index contributed by atoms with van der Waals surface area (Å²) in [5.74, 6) is 0. The predicted molar refractivity (Wildman–Crippen MR) is 63.4 cm³/mol. The Morgan fingerprint density at radius 2 is 0.538 bits per heavy atom. The van der Waals surface area contributed by atoms with Crippen LogP contribution in [0.4, 0.5) is 0 Å². The van der Waals surface area contributed by atoms with E-state index in [4.69, 9.17) is 25.6 Å². The molecular weight excluding hydrogens is 174 g/mol. The molecule has 0 spiro atoms. The highest BCUT2D eigenvalue weighted by Gasteiger charge is 0.707. The minimum Gasteiger partial charge on any atom is -0.154 e. The van der Waals surface area contributed by atoms with Crippen molar-refractivity contribution < 1.29 is 0 Å². The summed E-state index contributed by atoms with van der Waals surface area (Å²) in [7, 11) is 0. The maximum Gasteiger partial charge on any atom is 0 e. The number of rotatable bonds is 0. The van der Waals surface area contributed by atoms with Gasteiger partial charge in [-0.2, -0.15) is 4.91 Å². The highest BCUT2D eigenvalue weighted by Crippen LogP contribution is 0.766. The van der Waals surface area contributed by atoms with Gasteiger partial charge in [-0.3, -0.25) is 0 Å². The molecule has 0 amide bonds. The van der Waals surface area contributed by atoms with Crippen LogP contribution >= 0.6 is 0 Å². The molecule has 0 aliphatic heterocycles. The molecule has 13 heavy (non-hydrogen) atoms. The Hall–Kier alpha value is -1.38. The van der Waals surface area contributed by atoms with Crippen LogP contribution in [0.15, 0.2) is 0 Å². The zero-order valence-electron chi connectivity index (χ0n) is 2.62. The molecule has 0 saturated carbocycles. The van der Waals surface area contributed by atoms with E-state index in [0.29, 0.717) is 0 Å². The molecule has 6 nitrogen and oxygen atoms in total. The molecule has 90 valence electrons. The smallest absolute Gasteiger partial charge is 0 e. The van der Waals surface area contributed by atoms with Crippen molar-refractivity contribution in [3.05, 3.63) is 14.8 Å². The Bertz CT molecular complexity index is 35.4. The zero-order chi connectivity index (χ0) is 6.00. The van der Waals surface area contributed by atoms with E-state index >= 15 is 0 Å². The fraction of sp³-hybridized carbons (Fsp3) is 1.00. The lowest BCUT2D eigenvalue weighted by molar-refractivity contribution is 1.15. The Balaban J connectivity index is -0.00000000102. The summed E-state index contributed by atoms with van der Waals surface area (Å²) in [6, 6.07) is 0. The van der Waals surface area contributed by atoms with Gasteiger partial charge < -0.3 is 0 Å². The zero-order valence-corrected chi connectivity index (χ0v) is 2.62. The average molecular weight is 203 g/mol. The SMILES string of the molecule is C.C.C.C.C.C.C.N#N.N=O.O=O. The molecule has 0 aromatic carbocycles. The second-order valence-corrected chi connectivity index (χ2v) is 0. The number of hydrogen-bond donors (Lipinski definition) is 1. The number of nitrogens with zero attached hydrogens (tertiary/aromatic N) is 2. The van der Waals surface area contributed by atoms with Gasteiger partial charge in [0, 0.05) is 20.7 Å². The molecule has 0 aliphatic carbocycles. The lowest BCUT2D eigenvalue weighted by Crippen LogP contribution is -0.674. The number of nitrogens with one attached hydrogen (secondary N) is 1. The highest BCUT2D eigenvalue weighted by molar-refractivity contribution is 4.07. The van der Waals surface area contributed by atoms with Crippen molar-refractivity contribution in [1.82, 2.24) is 0 Å². The molecule has 0 fully saturated rings. The van der Waals surface area contributed by atoms with Crippen molar-refractivity contribution in [1.29, 1.82) is 16.4 Å². The average Bonchev–Trinajstić information content (AvgIpc) is 1.81. The topological polar surface area (TPSA) is 123 Å². The Labute approximate surface area is 84.1 Å². The quantitative estimate of drug-likeness (QED) is 0.443. The van der Waals surface area contributed by atoms with Crippen molar-refractivity contribution in [3.63, 3.8) is 0 Å². The minimum atomic E-state index is 0. The number of hydrogen-bond acceptors (Lipinski definition) is 6. The van der Waals surface area contributed by atoms with Crippen molar-refractivity contribution in [2.45, 2.75) is 52.0 Å². The molecule has 0 bridgehead atoms. The lowest BCUT2D eigenvalue weighted by atomic mass is 12.0. The summed E-state index contributed by atoms with van der Waals surface area (Å²) in [6.07, 6.45) is 0. The third-order valence-electron chi connectivity index (χ3n) is 0. The van der Waals surface area contributed by atoms with Crippen LogP contribution in [0.5, 0.6) is 0 Å². The monoisotopic (exact) mass is 203 g/mol. The van der Waals surface area contributed by atoms with Gasteiger partial charge in [-0.25, -0.2) is 0 Å². The van der Waals surface area contributed by atoms with E-state index < -0.39 is 0 Å². The van der Waals surface area contributed by atoms with Gasteiger partial charge in [-0.1, -0.05) is 57.6 Å². The fourth-order valence-electron chi connectivity index (χ4n) is 0. The Kier molecular flexibility index (Phi) is 19800. The molecule has 0 aromatic rings. The van der Waals surface area contributed by atoms with E-state index in [9.17, 15) is 0 Å². The molecule has 0 heterocycles. The van der Waals surface area contributed by atoms with Gasteiger partial charge in [-0.15, -0.1) is 0 Å². The molecule has 0 radical (unpaired) electrons. The molecular formula is C7H29N3O3. The van der Waals surface area contributed by atoms with Crippen LogP contribution in [0, 0.1) is 31.2 Å². The van der Waals surface area contributed by atoms with Crippen LogP contribution in [0.2, 0.25) is 0 Å². The fourth-order valence-corrected chi connectivity index (χ4v) is 0. The third kappa shape index (κ3) is 414. The van der Waals surface area contributed by atoms with Crippen LogP contribution in [-0.4, -0.2) is 0 Å². The first kappa shape index (κ1) is 499. The summed E-state index contributed by atoms with van der Waals surface area (Å²) < 4.78 is 0. The van der Waals surface area contributed by atoms with E-state index in [1.807, 2.05) is 0 Å². The van der Waals surface area contributed by atoms with Crippen molar-refractivity contribution in [3.8, 4) is 0 Å². The minimum absolute atomic E-state index is 0. The maximum absolute atomic E-state index is 7.50. The first-order valence-corrected chi connectivity index (χ1v) is 0.571. The normalized spacial score (nSPS) is 0.769. The molecule has 0 rings (SSSR count). The third-order valence-corrected chi connectivity index (χ3v) is 0. The van der Waals surface area contributed by atoms with Crippen molar-refractivity contribution >= 4 is 0 Å². The van der Waals surface area contributed by atoms with Gasteiger partial charge in [0.15, 0.2) is 0 Å². The van der Waals surface area contributed by atoms with E-state index in [2.05, 4.69) is 5.59 Å². The largest absolute Gasteiger partial charge is 0.154 e. The summed E-state index contributed by atoms with van der Waals surface area (Å²) in [6.45, 7) is 0. The van der Waals surface area contributed by atoms with Crippen LogP contribution in [0.25, 0.3) is 0 Å². The van der Waals surface area contributed by atoms with E-state index in [1.165, 1.54) is 0 Å². The van der Waals surface area contributed by atoms with Crippen LogP contribution < -0.4 is 0 Å². The predicted octanol–water partition coefficient (Wildman–Crippen LogP) is 4.88. The second kappa shape index (κ2) is 516. The molecule has 6 heteroatoms. The molecule has 1 N–H and O–H groups in total. The van der Waals surface area contributed by atoms with Gasteiger partial charge in [0.05, 0.1) is 0 Å². The van der Waals surface area contributed by atoms with Crippen molar-refractivity contribution in [2.24, 2.45) is 0 Å². The molecule has 0 unspecified atom stereocenters.